The number of aliphatic hydroxyl groups is 1. The fraction of sp³-hybridized carbons (Fsp3) is 0.900. The van der Waals surface area contributed by atoms with Gasteiger partial charge in [-0.25, -0.2) is 0 Å². The van der Waals surface area contributed by atoms with Crippen LogP contribution in [0.1, 0.15) is 39.0 Å². The number of aliphatic hydroxyl groups excluding tert-OH is 1. The predicted molar refractivity (Wildman–Crippen MR) is 49.2 cm³/mol. The van der Waals surface area contributed by atoms with Crippen molar-refractivity contribution >= 4 is 5.97 Å². The Hall–Kier alpha value is -0.570. The van der Waals surface area contributed by atoms with E-state index in [4.69, 9.17) is 9.84 Å². The molecular formula is C10H18O3. The fourth-order valence-electron chi connectivity index (χ4n) is 1.49. The van der Waals surface area contributed by atoms with E-state index in [9.17, 15) is 4.79 Å². The number of ether oxygens (including phenoxy) is 1. The second kappa shape index (κ2) is 4.61. The van der Waals surface area contributed by atoms with E-state index in [0.717, 1.165) is 32.1 Å². The molecular weight excluding hydrogens is 168 g/mol. The quantitative estimate of drug-likeness (QED) is 0.522. The van der Waals surface area contributed by atoms with Gasteiger partial charge in [0.05, 0.1) is 18.6 Å². The van der Waals surface area contributed by atoms with Gasteiger partial charge < -0.3 is 9.84 Å². The van der Waals surface area contributed by atoms with Gasteiger partial charge in [-0.15, -0.1) is 0 Å². The van der Waals surface area contributed by atoms with E-state index in [-0.39, 0.29) is 12.6 Å². The Kier molecular flexibility index (Phi) is 3.72. The third-order valence-corrected chi connectivity index (χ3v) is 2.78. The highest BCUT2D eigenvalue weighted by Crippen LogP contribution is 2.41. The minimum atomic E-state index is -0.534. The van der Waals surface area contributed by atoms with Gasteiger partial charge in [0.15, 0.2) is 0 Å². The molecule has 3 nitrogen and oxygen atoms in total. The van der Waals surface area contributed by atoms with E-state index in [1.54, 1.807) is 0 Å². The number of carbonyl (C=O) groups is 1. The van der Waals surface area contributed by atoms with Crippen molar-refractivity contribution in [2.75, 3.05) is 13.2 Å². The van der Waals surface area contributed by atoms with Gasteiger partial charge in [-0.05, 0) is 19.3 Å². The SMILES string of the molecule is CCCCOC(=O)C1(CO)CCC1. The molecule has 0 spiro atoms. The van der Waals surface area contributed by atoms with E-state index >= 15 is 0 Å². The van der Waals surface area contributed by atoms with Crippen LogP contribution >= 0.6 is 0 Å². The molecule has 1 fully saturated rings. The van der Waals surface area contributed by atoms with Crippen molar-refractivity contribution in [2.24, 2.45) is 5.41 Å². The van der Waals surface area contributed by atoms with Crippen molar-refractivity contribution in [3.05, 3.63) is 0 Å². The van der Waals surface area contributed by atoms with Gasteiger partial charge in [-0.1, -0.05) is 19.8 Å². The third kappa shape index (κ3) is 2.21. The van der Waals surface area contributed by atoms with Gasteiger partial charge in [-0.3, -0.25) is 4.79 Å². The van der Waals surface area contributed by atoms with Crippen LogP contribution in [-0.4, -0.2) is 24.3 Å². The summed E-state index contributed by atoms with van der Waals surface area (Å²) in [4.78, 5) is 11.5. The molecule has 3 heteroatoms. The Bertz CT molecular complexity index is 167. The number of unbranched alkanes of at least 4 members (excludes halogenated alkanes) is 1. The lowest BCUT2D eigenvalue weighted by molar-refractivity contribution is -0.165. The second-order valence-corrected chi connectivity index (χ2v) is 3.78. The number of hydrogen-bond donors (Lipinski definition) is 1. The Morgan fingerprint density at radius 3 is 2.62 bits per heavy atom. The van der Waals surface area contributed by atoms with E-state index in [2.05, 4.69) is 6.92 Å². The average molecular weight is 186 g/mol. The summed E-state index contributed by atoms with van der Waals surface area (Å²) < 4.78 is 5.08. The molecule has 0 amide bonds. The molecule has 1 N–H and O–H groups in total. The Morgan fingerprint density at radius 1 is 1.54 bits per heavy atom. The van der Waals surface area contributed by atoms with Crippen LogP contribution < -0.4 is 0 Å². The monoisotopic (exact) mass is 186 g/mol. The maximum atomic E-state index is 11.5. The molecule has 0 aromatic rings. The van der Waals surface area contributed by atoms with Gasteiger partial charge in [0.25, 0.3) is 0 Å². The molecule has 0 bridgehead atoms. The lowest BCUT2D eigenvalue weighted by atomic mass is 9.69. The lowest BCUT2D eigenvalue weighted by Crippen LogP contribution is -2.42. The van der Waals surface area contributed by atoms with Crippen LogP contribution in [0, 0.1) is 5.41 Å². The van der Waals surface area contributed by atoms with E-state index < -0.39 is 5.41 Å². The molecule has 0 aromatic heterocycles. The van der Waals surface area contributed by atoms with Crippen molar-refractivity contribution in [3.63, 3.8) is 0 Å². The van der Waals surface area contributed by atoms with Crippen molar-refractivity contribution in [1.82, 2.24) is 0 Å². The first-order chi connectivity index (χ1) is 6.25. The summed E-state index contributed by atoms with van der Waals surface area (Å²) in [6.45, 7) is 2.49. The Labute approximate surface area is 79.1 Å². The fourth-order valence-corrected chi connectivity index (χ4v) is 1.49. The maximum absolute atomic E-state index is 11.5. The first kappa shape index (κ1) is 10.5. The molecule has 1 aliphatic rings. The molecule has 0 heterocycles. The van der Waals surface area contributed by atoms with Gasteiger partial charge in [0.2, 0.25) is 0 Å². The maximum Gasteiger partial charge on any atom is 0.314 e. The zero-order valence-corrected chi connectivity index (χ0v) is 8.21. The molecule has 0 radical (unpaired) electrons. The molecule has 76 valence electrons. The van der Waals surface area contributed by atoms with Gasteiger partial charge in [0, 0.05) is 0 Å². The summed E-state index contributed by atoms with van der Waals surface area (Å²) in [6, 6.07) is 0. The summed E-state index contributed by atoms with van der Waals surface area (Å²) in [5.41, 5.74) is -0.534. The van der Waals surface area contributed by atoms with Crippen LogP contribution in [0.15, 0.2) is 0 Å². The summed E-state index contributed by atoms with van der Waals surface area (Å²) in [5, 5.41) is 9.06. The van der Waals surface area contributed by atoms with E-state index in [0.29, 0.717) is 6.61 Å². The topological polar surface area (TPSA) is 46.5 Å². The van der Waals surface area contributed by atoms with E-state index in [1.165, 1.54) is 0 Å². The largest absolute Gasteiger partial charge is 0.465 e. The molecule has 1 aliphatic carbocycles. The molecule has 0 aromatic carbocycles. The predicted octanol–water partition coefficient (Wildman–Crippen LogP) is 1.49. The Balaban J connectivity index is 2.28. The summed E-state index contributed by atoms with van der Waals surface area (Å²) in [5.74, 6) is -0.199. The van der Waals surface area contributed by atoms with Gasteiger partial charge in [-0.2, -0.15) is 0 Å². The minimum absolute atomic E-state index is 0.0576. The molecule has 1 rings (SSSR count). The highest BCUT2D eigenvalue weighted by molar-refractivity contribution is 5.78. The van der Waals surface area contributed by atoms with E-state index in [1.807, 2.05) is 0 Å². The standard InChI is InChI=1S/C10H18O3/c1-2-3-7-13-9(12)10(8-11)5-4-6-10/h11H,2-8H2,1H3. The normalized spacial score (nSPS) is 19.2. The molecule has 0 saturated heterocycles. The first-order valence-electron chi connectivity index (χ1n) is 5.03. The molecule has 1 saturated carbocycles. The van der Waals surface area contributed by atoms with Crippen molar-refractivity contribution in [1.29, 1.82) is 0 Å². The molecule has 13 heavy (non-hydrogen) atoms. The number of esters is 1. The van der Waals surface area contributed by atoms with Crippen LogP contribution in [0.3, 0.4) is 0 Å². The van der Waals surface area contributed by atoms with Crippen LogP contribution in [0.4, 0.5) is 0 Å². The first-order valence-corrected chi connectivity index (χ1v) is 5.03. The van der Waals surface area contributed by atoms with Crippen LogP contribution in [0.2, 0.25) is 0 Å². The molecule has 0 atom stereocenters. The molecule has 0 unspecified atom stereocenters. The van der Waals surface area contributed by atoms with Crippen molar-refractivity contribution in [2.45, 2.75) is 39.0 Å². The number of carbonyl (C=O) groups excluding carboxylic acids is 1. The zero-order valence-electron chi connectivity index (χ0n) is 8.21. The number of hydrogen-bond acceptors (Lipinski definition) is 3. The average Bonchev–Trinajstić information content (AvgIpc) is 2.04. The Morgan fingerprint density at radius 2 is 2.23 bits per heavy atom. The highest BCUT2D eigenvalue weighted by atomic mass is 16.5. The van der Waals surface area contributed by atoms with Crippen LogP contribution in [0.5, 0.6) is 0 Å². The van der Waals surface area contributed by atoms with Crippen molar-refractivity contribution < 1.29 is 14.6 Å². The van der Waals surface area contributed by atoms with Crippen molar-refractivity contribution in [3.8, 4) is 0 Å². The van der Waals surface area contributed by atoms with Gasteiger partial charge >= 0.3 is 5.97 Å². The lowest BCUT2D eigenvalue weighted by Gasteiger charge is -2.37. The smallest absolute Gasteiger partial charge is 0.314 e. The number of rotatable bonds is 5. The summed E-state index contributed by atoms with van der Waals surface area (Å²) >= 11 is 0. The van der Waals surface area contributed by atoms with Gasteiger partial charge in [0.1, 0.15) is 0 Å². The highest BCUT2D eigenvalue weighted by Gasteiger charge is 2.44. The van der Waals surface area contributed by atoms with Crippen LogP contribution in [-0.2, 0) is 9.53 Å². The third-order valence-electron chi connectivity index (χ3n) is 2.78. The minimum Gasteiger partial charge on any atom is -0.465 e. The second-order valence-electron chi connectivity index (χ2n) is 3.78. The molecule has 0 aliphatic heterocycles. The summed E-state index contributed by atoms with van der Waals surface area (Å²) in [7, 11) is 0. The summed E-state index contributed by atoms with van der Waals surface area (Å²) in [6.07, 6.45) is 4.54. The zero-order chi connectivity index (χ0) is 9.73. The van der Waals surface area contributed by atoms with Crippen LogP contribution in [0.25, 0.3) is 0 Å².